The van der Waals surface area contributed by atoms with Crippen molar-refractivity contribution in [2.75, 3.05) is 20.7 Å². The maximum atomic E-state index is 14.3. The Morgan fingerprint density at radius 3 is 2.61 bits per heavy atom. The van der Waals surface area contributed by atoms with E-state index in [1.54, 1.807) is 18.0 Å². The fourth-order valence-corrected chi connectivity index (χ4v) is 9.30. The fraction of sp³-hybridized carbons (Fsp3) is 0.514. The van der Waals surface area contributed by atoms with Crippen molar-refractivity contribution in [1.82, 2.24) is 24.9 Å². The maximum absolute atomic E-state index is 14.3. The van der Waals surface area contributed by atoms with Gasteiger partial charge in [0.15, 0.2) is 0 Å². The number of nitrogens with zero attached hydrogens (tertiary/aromatic N) is 3. The van der Waals surface area contributed by atoms with Gasteiger partial charge in [-0.05, 0) is 56.6 Å². The summed E-state index contributed by atoms with van der Waals surface area (Å²) in [6.07, 6.45) is 7.53. The standard InChI is InChI=1S/C37H43ClN5O8S2.Rf/c1-20(2)28-19-52-34(40-28)27-17-30(24-12-13-29(49-4)31(38)32(24)39-27)50-23-15-25-26(16-23)35(45)43(3)14-8-6-5-7-9-21-18-37(21,41-33(25)44)36(46)42-53(47,48)51-22-10-11-22;/h7,9,12-13,17,19-21,23,25-26H,5-6,8,10-11,14-16,18H2,1-4H3,(H,41,44)(H,42,46);/q-1;/t21-,23-,25-,26-,37-;/m1./s1. The third kappa shape index (κ3) is 7.87. The van der Waals surface area contributed by atoms with E-state index in [9.17, 15) is 22.8 Å². The molecule has 1 aromatic carbocycles. The summed E-state index contributed by atoms with van der Waals surface area (Å²) in [5.41, 5.74) is 0.452. The normalized spacial score (nSPS) is 26.0. The van der Waals surface area contributed by atoms with Crippen molar-refractivity contribution in [3.63, 3.8) is 0 Å². The van der Waals surface area contributed by atoms with Gasteiger partial charge in [0.25, 0.3) is 5.91 Å². The van der Waals surface area contributed by atoms with Gasteiger partial charge in [0.2, 0.25) is 11.8 Å². The summed E-state index contributed by atoms with van der Waals surface area (Å²) in [6, 6.07) is 5.35. The number of nitrogens with one attached hydrogen (secondary N) is 2. The molecular weight excluding hydrogens is 1010 g/mol. The number of rotatable bonds is 9. The van der Waals surface area contributed by atoms with Crippen LogP contribution in [0, 0.1) is 23.9 Å². The molecule has 0 bridgehead atoms. The Kier molecular flexibility index (Phi) is 10.9. The Labute approximate surface area is 318 Å². The van der Waals surface area contributed by atoms with E-state index in [2.05, 4.69) is 19.2 Å². The van der Waals surface area contributed by atoms with Crippen molar-refractivity contribution < 1.29 is 36.5 Å². The zero-order valence-electron chi connectivity index (χ0n) is 30.7. The topological polar surface area (TPSA) is 166 Å². The molecule has 0 spiro atoms. The number of ether oxygens (including phenoxy) is 2. The monoisotopic (exact) mass is 1050 g/mol. The van der Waals surface area contributed by atoms with Crippen molar-refractivity contribution in [2.24, 2.45) is 17.8 Å². The summed E-state index contributed by atoms with van der Waals surface area (Å²) in [5, 5.41) is 6.52. The number of hydrogen-bond donors (Lipinski definition) is 2. The molecular formula is C37H43ClN5O8RfS2-. The molecule has 4 aliphatic rings. The number of fused-ring (bicyclic) bond motifs is 3. The van der Waals surface area contributed by atoms with Crippen molar-refractivity contribution >= 4 is 61.9 Å². The minimum atomic E-state index is -4.40. The summed E-state index contributed by atoms with van der Waals surface area (Å²) in [4.78, 5) is 53.2. The molecule has 54 heavy (non-hydrogen) atoms. The van der Waals surface area contributed by atoms with Gasteiger partial charge in [-0.25, -0.2) is 14.7 Å². The SMILES string of the molecule is COc1ccc2c(O[C@@H]3C[C@H]4C(=O)N[C@]5(C(=O)NS(=O)(=O)O[C-]6CC6)C[C@H]5C=CCCCCN(C)C(=O)[C@@H]4C3)cc(-c3nc(C(C)C)cs3)nc2c1Cl.[Rf]. The molecule has 3 fully saturated rings. The first-order valence-electron chi connectivity index (χ1n) is 17.9. The number of thiazole rings is 1. The van der Waals surface area contributed by atoms with Gasteiger partial charge >= 0.3 is 10.3 Å². The van der Waals surface area contributed by atoms with E-state index in [1.807, 2.05) is 34.4 Å². The van der Waals surface area contributed by atoms with Gasteiger partial charge < -0.3 is 23.9 Å². The number of benzene rings is 1. The molecule has 2 N–H and O–H groups in total. The molecule has 0 unspecified atom stereocenters. The van der Waals surface area contributed by atoms with Gasteiger partial charge in [0.1, 0.15) is 38.9 Å². The first kappa shape index (κ1) is 38.9. The first-order chi connectivity index (χ1) is 25.3. The fourth-order valence-electron chi connectivity index (χ4n) is 7.15. The zero-order chi connectivity index (χ0) is 37.7. The van der Waals surface area contributed by atoms with Crippen LogP contribution in [0.15, 0.2) is 35.7 Å². The van der Waals surface area contributed by atoms with Crippen molar-refractivity contribution in [1.29, 1.82) is 0 Å². The predicted octanol–water partition coefficient (Wildman–Crippen LogP) is 5.69. The van der Waals surface area contributed by atoms with E-state index in [1.165, 1.54) is 18.4 Å². The summed E-state index contributed by atoms with van der Waals surface area (Å²) in [7, 11) is -1.14. The van der Waals surface area contributed by atoms with E-state index in [0.29, 0.717) is 70.0 Å². The Bertz CT molecular complexity index is 2080. The van der Waals surface area contributed by atoms with Gasteiger partial charge in [-0.3, -0.25) is 14.4 Å². The number of hydrogen-bond acceptors (Lipinski definition) is 11. The Morgan fingerprint density at radius 1 is 1.15 bits per heavy atom. The molecule has 0 radical (unpaired) electrons. The summed E-state index contributed by atoms with van der Waals surface area (Å²) in [6.45, 7) is 4.66. The second-order valence-corrected chi connectivity index (χ2v) is 17.1. The summed E-state index contributed by atoms with van der Waals surface area (Å²) < 4.78 is 44.4. The predicted molar refractivity (Wildman–Crippen MR) is 199 cm³/mol. The quantitative estimate of drug-likeness (QED) is 0.201. The molecule has 3 aliphatic carbocycles. The van der Waals surface area contributed by atoms with Crippen LogP contribution in [0.4, 0.5) is 0 Å². The van der Waals surface area contributed by atoms with E-state index in [0.717, 1.165) is 18.5 Å². The molecule has 2 aromatic heterocycles. The zero-order valence-corrected chi connectivity index (χ0v) is 39.5. The van der Waals surface area contributed by atoms with E-state index in [-0.39, 0.29) is 31.1 Å². The second kappa shape index (κ2) is 15.2. The summed E-state index contributed by atoms with van der Waals surface area (Å²) in [5.74, 6) is -2.46. The molecule has 5 atom stereocenters. The van der Waals surface area contributed by atoms with Gasteiger partial charge in [0.05, 0.1) is 30.2 Å². The van der Waals surface area contributed by atoms with Crippen LogP contribution in [-0.4, -0.2) is 73.4 Å². The summed E-state index contributed by atoms with van der Waals surface area (Å²) >= 11 is 8.26. The maximum Gasteiger partial charge on any atom is 0.332 e. The van der Waals surface area contributed by atoms with Crippen LogP contribution in [0.3, 0.4) is 0 Å². The molecule has 17 heteroatoms. The average Bonchev–Trinajstić information content (AvgIpc) is 3.93. The minimum Gasteiger partial charge on any atom is -0.495 e. The van der Waals surface area contributed by atoms with Gasteiger partial charge in [-0.2, -0.15) is 27.4 Å². The van der Waals surface area contributed by atoms with Crippen LogP contribution >= 0.6 is 22.9 Å². The van der Waals surface area contributed by atoms with Crippen LogP contribution in [0.5, 0.6) is 11.5 Å². The number of carbonyl (C=O) groups is 3. The average molecular weight is 1050 g/mol. The molecule has 7 rings (SSSR count). The Balaban J connectivity index is 0.00000497. The third-order valence-electron chi connectivity index (χ3n) is 10.4. The van der Waals surface area contributed by atoms with E-state index >= 15 is 0 Å². The van der Waals surface area contributed by atoms with Gasteiger partial charge in [-0.15, -0.1) is 11.3 Å². The smallest absolute Gasteiger partial charge is 0.332 e. The molecule has 13 nitrogen and oxygen atoms in total. The van der Waals surface area contributed by atoms with Crippen molar-refractivity contribution in [3.05, 3.63) is 52.6 Å². The van der Waals surface area contributed by atoms with Crippen LogP contribution in [0.1, 0.15) is 76.8 Å². The number of pyridine rings is 1. The van der Waals surface area contributed by atoms with Crippen molar-refractivity contribution in [2.45, 2.75) is 82.8 Å². The number of methoxy groups -OCH3 is 1. The molecule has 0 saturated heterocycles. The first-order valence-corrected chi connectivity index (χ1v) is 20.6. The van der Waals surface area contributed by atoms with Crippen LogP contribution in [0.2, 0.25) is 5.02 Å². The van der Waals surface area contributed by atoms with E-state index < -0.39 is 51.5 Å². The molecule has 3 saturated carbocycles. The molecule has 3 aromatic rings. The Morgan fingerprint density at radius 2 is 1.91 bits per heavy atom. The molecule has 1 aliphatic heterocycles. The number of carbonyl (C=O) groups excluding carboxylic acids is 3. The minimum absolute atomic E-state index is 0. The molecule has 3 amide bonds. The number of allylic oxidation sites excluding steroid dienone is 1. The third-order valence-corrected chi connectivity index (χ3v) is 12.5. The largest absolute Gasteiger partial charge is 0.495 e. The number of aromatic nitrogens is 2. The van der Waals surface area contributed by atoms with Gasteiger partial charge in [-0.1, -0.05) is 37.6 Å². The van der Waals surface area contributed by atoms with Gasteiger partial charge in [0, 0.05) is 36.3 Å². The second-order valence-electron chi connectivity index (χ2n) is 14.6. The van der Waals surface area contributed by atoms with Crippen molar-refractivity contribution in [3.8, 4) is 22.2 Å². The Hall–Kier alpha value is -4.79. The van der Waals surface area contributed by atoms with Crippen LogP contribution in [0.25, 0.3) is 21.6 Å². The number of halogens is 1. The number of amides is 3. The van der Waals surface area contributed by atoms with Crippen LogP contribution in [-0.2, 0) is 28.9 Å². The molecule has 286 valence electrons. The van der Waals surface area contributed by atoms with E-state index in [4.69, 9.17) is 35.2 Å². The van der Waals surface area contributed by atoms with Crippen LogP contribution < -0.4 is 19.5 Å². The molecule has 3 heterocycles.